The summed E-state index contributed by atoms with van der Waals surface area (Å²) >= 11 is 0. The zero-order chi connectivity index (χ0) is 16.0. The summed E-state index contributed by atoms with van der Waals surface area (Å²) in [6, 6.07) is 9.45. The van der Waals surface area contributed by atoms with Gasteiger partial charge in [0, 0.05) is 11.8 Å². The highest BCUT2D eigenvalue weighted by Crippen LogP contribution is 2.20. The van der Waals surface area contributed by atoms with Crippen molar-refractivity contribution in [2.24, 2.45) is 0 Å². The Kier molecular flexibility index (Phi) is 5.11. The van der Waals surface area contributed by atoms with Gasteiger partial charge in [-0.1, -0.05) is 0 Å². The van der Waals surface area contributed by atoms with Crippen LogP contribution in [0.1, 0.15) is 10.4 Å². The van der Waals surface area contributed by atoms with Crippen LogP contribution in [0.25, 0.3) is 0 Å². The minimum Gasteiger partial charge on any atom is -0.456 e. The fourth-order valence-electron chi connectivity index (χ4n) is 1.60. The molecular weight excluding hydrogens is 299 g/mol. The monoisotopic (exact) mass is 311 g/mol. The van der Waals surface area contributed by atoms with Crippen molar-refractivity contribution in [2.75, 3.05) is 13.2 Å². The molecule has 0 atom stereocenters. The summed E-state index contributed by atoms with van der Waals surface area (Å²) in [7, 11) is 0. The number of hydrogen-bond donors (Lipinski definition) is 0. The molecule has 0 aliphatic rings. The topological polar surface area (TPSA) is 48.4 Å². The standard InChI is InChI=1S/C15H12F3NO3/c16-15(17,18)10-21-9-14(20)11-3-5-12(6-4-11)22-13-2-1-7-19-8-13/h1-8H,9-10H2. The molecule has 0 spiro atoms. The van der Waals surface area contributed by atoms with Crippen molar-refractivity contribution in [2.45, 2.75) is 6.18 Å². The third kappa shape index (κ3) is 5.17. The van der Waals surface area contributed by atoms with Gasteiger partial charge in [-0.15, -0.1) is 0 Å². The SMILES string of the molecule is O=C(COCC(F)(F)F)c1ccc(Oc2cccnc2)cc1. The van der Waals surface area contributed by atoms with Crippen LogP contribution in [0.5, 0.6) is 11.5 Å². The Labute approximate surface area is 124 Å². The zero-order valence-corrected chi connectivity index (χ0v) is 11.3. The number of Topliss-reactive ketones (excluding diaryl/α,β-unsaturated/α-hetero) is 1. The summed E-state index contributed by atoms with van der Waals surface area (Å²) in [6.45, 7) is -2.07. The molecule has 0 saturated heterocycles. The highest BCUT2D eigenvalue weighted by molar-refractivity contribution is 5.97. The van der Waals surface area contributed by atoms with Crippen molar-refractivity contribution in [3.8, 4) is 11.5 Å². The Morgan fingerprint density at radius 2 is 1.82 bits per heavy atom. The number of ether oxygens (including phenoxy) is 2. The lowest BCUT2D eigenvalue weighted by atomic mass is 10.1. The van der Waals surface area contributed by atoms with Gasteiger partial charge in [-0.05, 0) is 36.4 Å². The Morgan fingerprint density at radius 3 is 2.41 bits per heavy atom. The Hall–Kier alpha value is -2.41. The molecule has 2 rings (SSSR count). The number of carbonyl (C=O) groups is 1. The molecule has 0 amide bonds. The average molecular weight is 311 g/mol. The van der Waals surface area contributed by atoms with Crippen LogP contribution in [0, 0.1) is 0 Å². The van der Waals surface area contributed by atoms with Gasteiger partial charge in [0.05, 0.1) is 6.20 Å². The lowest BCUT2D eigenvalue weighted by molar-refractivity contribution is -0.170. The first-order chi connectivity index (χ1) is 10.4. The molecule has 0 aliphatic heterocycles. The van der Waals surface area contributed by atoms with Gasteiger partial charge in [0.15, 0.2) is 5.78 Å². The van der Waals surface area contributed by atoms with Crippen LogP contribution in [-0.4, -0.2) is 30.2 Å². The second-order valence-electron chi connectivity index (χ2n) is 4.35. The number of aromatic nitrogens is 1. The van der Waals surface area contributed by atoms with E-state index in [1.165, 1.54) is 18.3 Å². The number of hydrogen-bond acceptors (Lipinski definition) is 4. The second-order valence-corrected chi connectivity index (χ2v) is 4.35. The largest absolute Gasteiger partial charge is 0.456 e. The van der Waals surface area contributed by atoms with Gasteiger partial charge < -0.3 is 9.47 Å². The molecule has 0 saturated carbocycles. The van der Waals surface area contributed by atoms with E-state index in [1.807, 2.05) is 0 Å². The predicted molar refractivity (Wildman–Crippen MR) is 72.0 cm³/mol. The normalized spacial score (nSPS) is 11.2. The lowest BCUT2D eigenvalue weighted by Gasteiger charge is -2.08. The van der Waals surface area contributed by atoms with Gasteiger partial charge >= 0.3 is 6.18 Å². The van der Waals surface area contributed by atoms with Crippen molar-refractivity contribution < 1.29 is 27.4 Å². The van der Waals surface area contributed by atoms with Crippen LogP contribution in [0.2, 0.25) is 0 Å². The molecular formula is C15H12F3NO3. The quantitative estimate of drug-likeness (QED) is 0.764. The number of benzene rings is 1. The van der Waals surface area contributed by atoms with Crippen LogP contribution in [0.3, 0.4) is 0 Å². The molecule has 0 unspecified atom stereocenters. The maximum Gasteiger partial charge on any atom is 0.411 e. The van der Waals surface area contributed by atoms with E-state index in [0.717, 1.165) is 0 Å². The summed E-state index contributed by atoms with van der Waals surface area (Å²) in [4.78, 5) is 15.5. The third-order valence-electron chi connectivity index (χ3n) is 2.55. The Bertz CT molecular complexity index is 612. The van der Waals surface area contributed by atoms with Gasteiger partial charge in [0.2, 0.25) is 0 Å². The summed E-state index contributed by atoms with van der Waals surface area (Å²) in [5.74, 6) is 0.494. The van der Waals surface area contributed by atoms with Crippen LogP contribution >= 0.6 is 0 Å². The van der Waals surface area contributed by atoms with Gasteiger partial charge in [-0.25, -0.2) is 0 Å². The molecule has 1 aromatic carbocycles. The molecule has 0 N–H and O–H groups in total. The number of halogens is 3. The number of nitrogens with zero attached hydrogens (tertiary/aromatic N) is 1. The van der Waals surface area contributed by atoms with Gasteiger partial charge in [0.25, 0.3) is 0 Å². The number of carbonyl (C=O) groups excluding carboxylic acids is 1. The van der Waals surface area contributed by atoms with Gasteiger partial charge in [-0.3, -0.25) is 9.78 Å². The maximum atomic E-state index is 11.9. The molecule has 0 fully saturated rings. The molecule has 2 aromatic rings. The predicted octanol–water partition coefficient (Wildman–Crippen LogP) is 3.64. The van der Waals surface area contributed by atoms with Crippen LogP contribution in [0.4, 0.5) is 13.2 Å². The van der Waals surface area contributed by atoms with Crippen molar-refractivity contribution in [3.05, 3.63) is 54.4 Å². The van der Waals surface area contributed by atoms with Crippen molar-refractivity contribution in [1.29, 1.82) is 0 Å². The Morgan fingerprint density at radius 1 is 1.09 bits per heavy atom. The van der Waals surface area contributed by atoms with Gasteiger partial charge in [0.1, 0.15) is 24.7 Å². The van der Waals surface area contributed by atoms with Crippen molar-refractivity contribution >= 4 is 5.78 Å². The molecule has 1 aromatic heterocycles. The fraction of sp³-hybridized carbons (Fsp3) is 0.200. The highest BCUT2D eigenvalue weighted by atomic mass is 19.4. The molecule has 116 valence electrons. The molecule has 22 heavy (non-hydrogen) atoms. The number of alkyl halides is 3. The third-order valence-corrected chi connectivity index (χ3v) is 2.55. The van der Waals surface area contributed by atoms with Gasteiger partial charge in [-0.2, -0.15) is 13.2 Å². The van der Waals surface area contributed by atoms with E-state index in [0.29, 0.717) is 11.5 Å². The number of ketones is 1. The maximum absolute atomic E-state index is 11.9. The summed E-state index contributed by atoms with van der Waals surface area (Å²) in [6.07, 6.45) is -1.30. The van der Waals surface area contributed by atoms with Crippen molar-refractivity contribution in [3.63, 3.8) is 0 Å². The highest BCUT2D eigenvalue weighted by Gasteiger charge is 2.27. The molecule has 0 bridgehead atoms. The first kappa shape index (κ1) is 16.0. The molecule has 4 nitrogen and oxygen atoms in total. The number of rotatable bonds is 6. The van der Waals surface area contributed by atoms with E-state index in [4.69, 9.17) is 4.74 Å². The van der Waals surface area contributed by atoms with E-state index in [9.17, 15) is 18.0 Å². The summed E-state index contributed by atoms with van der Waals surface area (Å²) < 4.78 is 45.5. The van der Waals surface area contributed by atoms with Crippen LogP contribution in [-0.2, 0) is 4.74 Å². The molecule has 0 radical (unpaired) electrons. The van der Waals surface area contributed by atoms with E-state index in [1.54, 1.807) is 30.5 Å². The van der Waals surface area contributed by atoms with E-state index < -0.39 is 25.2 Å². The summed E-state index contributed by atoms with van der Waals surface area (Å²) in [5, 5.41) is 0. The lowest BCUT2D eigenvalue weighted by Crippen LogP contribution is -2.20. The molecule has 0 aliphatic carbocycles. The minimum absolute atomic E-state index is 0.251. The van der Waals surface area contributed by atoms with E-state index in [-0.39, 0.29) is 5.56 Å². The minimum atomic E-state index is -4.44. The van der Waals surface area contributed by atoms with Crippen LogP contribution < -0.4 is 4.74 Å². The first-order valence-electron chi connectivity index (χ1n) is 6.30. The fourth-order valence-corrected chi connectivity index (χ4v) is 1.60. The summed E-state index contributed by atoms with van der Waals surface area (Å²) in [5.41, 5.74) is 0.251. The van der Waals surface area contributed by atoms with E-state index >= 15 is 0 Å². The van der Waals surface area contributed by atoms with Crippen molar-refractivity contribution in [1.82, 2.24) is 4.98 Å². The Balaban J connectivity index is 1.90. The van der Waals surface area contributed by atoms with E-state index in [2.05, 4.69) is 9.72 Å². The number of pyridine rings is 1. The molecule has 7 heteroatoms. The first-order valence-corrected chi connectivity index (χ1v) is 6.30. The average Bonchev–Trinajstić information content (AvgIpc) is 2.47. The zero-order valence-electron chi connectivity index (χ0n) is 11.3. The second kappa shape index (κ2) is 7.04. The van der Waals surface area contributed by atoms with Crippen LogP contribution in [0.15, 0.2) is 48.8 Å². The molecule has 1 heterocycles. The smallest absolute Gasteiger partial charge is 0.411 e.